The van der Waals surface area contributed by atoms with E-state index in [-0.39, 0.29) is 23.0 Å². The summed E-state index contributed by atoms with van der Waals surface area (Å²) >= 11 is 6.62. The zero-order chi connectivity index (χ0) is 24.8. The number of carbonyl (C=O) groups excluding carboxylic acids is 1. The molecule has 184 valence electrons. The minimum Gasteiger partial charge on any atom is -0.493 e. The van der Waals surface area contributed by atoms with Crippen LogP contribution in [0.25, 0.3) is 11.1 Å². The fourth-order valence-electron chi connectivity index (χ4n) is 4.38. The van der Waals surface area contributed by atoms with Gasteiger partial charge in [-0.15, -0.1) is 0 Å². The van der Waals surface area contributed by atoms with E-state index in [0.717, 1.165) is 22.4 Å². The SMILES string of the molecule is CCS(=O)(=O)c1ccc(CC(=O)Nc2ccc(-c3ccccc3OCC3CCCC3)c(Cl)c2)cc1. The molecular formula is C28H30ClNO4S. The molecule has 1 N–H and O–H groups in total. The van der Waals surface area contributed by atoms with Crippen LogP contribution in [0.15, 0.2) is 71.6 Å². The number of ether oxygens (including phenoxy) is 1. The van der Waals surface area contributed by atoms with Crippen molar-refractivity contribution < 1.29 is 17.9 Å². The Balaban J connectivity index is 1.42. The summed E-state index contributed by atoms with van der Waals surface area (Å²) in [6, 6.07) is 19.7. The second kappa shape index (κ2) is 11.3. The lowest BCUT2D eigenvalue weighted by atomic mass is 10.0. The van der Waals surface area contributed by atoms with Crippen LogP contribution < -0.4 is 10.1 Å². The molecule has 0 radical (unpaired) electrons. The number of anilines is 1. The molecular weight excluding hydrogens is 482 g/mol. The first-order chi connectivity index (χ1) is 16.9. The molecule has 0 aliphatic heterocycles. The van der Waals surface area contributed by atoms with Gasteiger partial charge in [0, 0.05) is 16.8 Å². The summed E-state index contributed by atoms with van der Waals surface area (Å²) in [6.45, 7) is 2.32. The first-order valence-electron chi connectivity index (χ1n) is 12.0. The van der Waals surface area contributed by atoms with Gasteiger partial charge in [-0.1, -0.05) is 67.8 Å². The second-order valence-corrected chi connectivity index (χ2v) is 11.6. The molecule has 35 heavy (non-hydrogen) atoms. The zero-order valence-electron chi connectivity index (χ0n) is 19.8. The van der Waals surface area contributed by atoms with Crippen LogP contribution in [0.2, 0.25) is 5.02 Å². The van der Waals surface area contributed by atoms with Crippen LogP contribution in [0.1, 0.15) is 38.2 Å². The quantitative estimate of drug-likeness (QED) is 0.353. The molecule has 3 aromatic rings. The molecule has 0 saturated heterocycles. The van der Waals surface area contributed by atoms with Crippen molar-refractivity contribution in [1.82, 2.24) is 0 Å². The van der Waals surface area contributed by atoms with E-state index in [4.69, 9.17) is 16.3 Å². The molecule has 1 fully saturated rings. The maximum absolute atomic E-state index is 12.6. The Bertz CT molecular complexity index is 1280. The van der Waals surface area contributed by atoms with Crippen molar-refractivity contribution in [2.75, 3.05) is 17.7 Å². The van der Waals surface area contributed by atoms with Crippen LogP contribution in [-0.2, 0) is 21.1 Å². The van der Waals surface area contributed by atoms with Crippen molar-refractivity contribution in [2.24, 2.45) is 5.92 Å². The van der Waals surface area contributed by atoms with Crippen LogP contribution in [0, 0.1) is 5.92 Å². The van der Waals surface area contributed by atoms with E-state index in [1.54, 1.807) is 37.3 Å². The number of benzene rings is 3. The number of para-hydroxylation sites is 1. The fourth-order valence-corrected chi connectivity index (χ4v) is 5.55. The summed E-state index contributed by atoms with van der Waals surface area (Å²) < 4.78 is 30.1. The van der Waals surface area contributed by atoms with Crippen molar-refractivity contribution in [3.05, 3.63) is 77.3 Å². The number of halogens is 1. The third-order valence-corrected chi connectivity index (χ3v) is 8.47. The van der Waals surface area contributed by atoms with E-state index >= 15 is 0 Å². The molecule has 0 heterocycles. The third kappa shape index (κ3) is 6.44. The molecule has 1 amide bonds. The van der Waals surface area contributed by atoms with Crippen LogP contribution in [0.4, 0.5) is 5.69 Å². The summed E-state index contributed by atoms with van der Waals surface area (Å²) in [5.74, 6) is 1.26. The van der Waals surface area contributed by atoms with E-state index in [9.17, 15) is 13.2 Å². The monoisotopic (exact) mass is 511 g/mol. The lowest BCUT2D eigenvalue weighted by Crippen LogP contribution is -2.14. The maximum Gasteiger partial charge on any atom is 0.228 e. The van der Waals surface area contributed by atoms with E-state index in [1.807, 2.05) is 36.4 Å². The molecule has 0 spiro atoms. The first-order valence-corrected chi connectivity index (χ1v) is 14.0. The largest absolute Gasteiger partial charge is 0.493 e. The van der Waals surface area contributed by atoms with Crippen molar-refractivity contribution in [2.45, 2.75) is 43.9 Å². The number of hydrogen-bond acceptors (Lipinski definition) is 4. The Labute approximate surface area is 212 Å². The predicted molar refractivity (Wildman–Crippen MR) is 141 cm³/mol. The Kier molecular flexibility index (Phi) is 8.14. The Morgan fingerprint density at radius 3 is 2.40 bits per heavy atom. The molecule has 7 heteroatoms. The average Bonchev–Trinajstić information content (AvgIpc) is 3.37. The van der Waals surface area contributed by atoms with Crippen LogP contribution in [0.5, 0.6) is 5.75 Å². The van der Waals surface area contributed by atoms with Gasteiger partial charge in [-0.05, 0) is 54.7 Å². The Morgan fingerprint density at radius 2 is 1.71 bits per heavy atom. The normalized spacial score (nSPS) is 14.1. The van der Waals surface area contributed by atoms with Crippen molar-refractivity contribution in [1.29, 1.82) is 0 Å². The molecule has 1 saturated carbocycles. The Morgan fingerprint density at radius 1 is 1.00 bits per heavy atom. The highest BCUT2D eigenvalue weighted by Gasteiger charge is 2.17. The minimum absolute atomic E-state index is 0.0424. The molecule has 4 rings (SSSR count). The molecule has 0 aromatic heterocycles. The zero-order valence-corrected chi connectivity index (χ0v) is 21.4. The standard InChI is InChI=1S/C28H30ClNO4S/c1-2-35(32,33)23-14-11-20(12-15-23)17-28(31)30-22-13-16-24(26(29)18-22)25-9-5-6-10-27(25)34-19-21-7-3-4-8-21/h5-6,9-16,18,21H,2-4,7-8,17,19H2,1H3,(H,30,31). The molecule has 5 nitrogen and oxygen atoms in total. The van der Waals surface area contributed by atoms with Gasteiger partial charge in [0.2, 0.25) is 5.91 Å². The number of sulfone groups is 1. The second-order valence-electron chi connectivity index (χ2n) is 8.92. The first kappa shape index (κ1) is 25.3. The summed E-state index contributed by atoms with van der Waals surface area (Å²) in [5.41, 5.74) is 3.10. The molecule has 0 unspecified atom stereocenters. The van der Waals surface area contributed by atoms with Gasteiger partial charge >= 0.3 is 0 Å². The molecule has 3 aromatic carbocycles. The van der Waals surface area contributed by atoms with Gasteiger partial charge in [-0.3, -0.25) is 4.79 Å². The van der Waals surface area contributed by atoms with Gasteiger partial charge < -0.3 is 10.1 Å². The van der Waals surface area contributed by atoms with Crippen molar-refractivity contribution >= 4 is 33.0 Å². The minimum atomic E-state index is -3.26. The summed E-state index contributed by atoms with van der Waals surface area (Å²) in [7, 11) is -3.26. The highest BCUT2D eigenvalue weighted by molar-refractivity contribution is 7.91. The lowest BCUT2D eigenvalue weighted by Gasteiger charge is -2.16. The summed E-state index contributed by atoms with van der Waals surface area (Å²) in [5, 5.41) is 3.39. The van der Waals surface area contributed by atoms with Gasteiger partial charge in [0.15, 0.2) is 9.84 Å². The van der Waals surface area contributed by atoms with Gasteiger partial charge in [-0.2, -0.15) is 0 Å². The molecule has 1 aliphatic carbocycles. The number of rotatable bonds is 9. The predicted octanol–water partition coefficient (Wildman–Crippen LogP) is 6.55. The third-order valence-electron chi connectivity index (χ3n) is 6.41. The fraction of sp³-hybridized carbons (Fsp3) is 0.321. The highest BCUT2D eigenvalue weighted by Crippen LogP contribution is 2.37. The van der Waals surface area contributed by atoms with E-state index in [0.29, 0.717) is 23.2 Å². The van der Waals surface area contributed by atoms with Gasteiger partial charge in [-0.25, -0.2) is 8.42 Å². The van der Waals surface area contributed by atoms with Crippen LogP contribution >= 0.6 is 11.6 Å². The lowest BCUT2D eigenvalue weighted by molar-refractivity contribution is -0.115. The van der Waals surface area contributed by atoms with E-state index < -0.39 is 9.84 Å². The maximum atomic E-state index is 12.6. The van der Waals surface area contributed by atoms with Gasteiger partial charge in [0.1, 0.15) is 5.75 Å². The van der Waals surface area contributed by atoms with Crippen LogP contribution in [-0.4, -0.2) is 26.7 Å². The van der Waals surface area contributed by atoms with E-state index in [2.05, 4.69) is 5.32 Å². The molecule has 0 atom stereocenters. The van der Waals surface area contributed by atoms with Crippen LogP contribution in [0.3, 0.4) is 0 Å². The summed E-state index contributed by atoms with van der Waals surface area (Å²) in [6.07, 6.45) is 5.13. The van der Waals surface area contributed by atoms with Crippen molar-refractivity contribution in [3.8, 4) is 16.9 Å². The average molecular weight is 512 g/mol. The number of carbonyl (C=O) groups is 1. The number of hydrogen-bond donors (Lipinski definition) is 1. The van der Waals surface area contributed by atoms with Crippen molar-refractivity contribution in [3.63, 3.8) is 0 Å². The topological polar surface area (TPSA) is 72.5 Å². The summed E-state index contributed by atoms with van der Waals surface area (Å²) in [4.78, 5) is 12.8. The molecule has 0 bridgehead atoms. The van der Waals surface area contributed by atoms with E-state index in [1.165, 1.54) is 25.7 Å². The number of nitrogens with one attached hydrogen (secondary N) is 1. The van der Waals surface area contributed by atoms with Gasteiger partial charge in [0.25, 0.3) is 0 Å². The van der Waals surface area contributed by atoms with Gasteiger partial charge in [0.05, 0.1) is 28.7 Å². The Hall–Kier alpha value is -2.83. The molecule has 1 aliphatic rings. The number of amides is 1. The smallest absolute Gasteiger partial charge is 0.228 e. The highest BCUT2D eigenvalue weighted by atomic mass is 35.5.